The van der Waals surface area contributed by atoms with Crippen LogP contribution in [0.4, 0.5) is 19.0 Å². The number of alkyl halides is 1. The number of phenols is 1. The number of nitrogens with zero attached hydrogens (tertiary/aromatic N) is 5. The summed E-state index contributed by atoms with van der Waals surface area (Å²) in [5.41, 5.74) is -1.07. The zero-order chi connectivity index (χ0) is 32.1. The Morgan fingerprint density at radius 1 is 1.11 bits per heavy atom. The van der Waals surface area contributed by atoms with Crippen molar-refractivity contribution in [2.75, 3.05) is 44.4 Å². The molecule has 47 heavy (non-hydrogen) atoms. The van der Waals surface area contributed by atoms with E-state index in [-0.39, 0.29) is 70.2 Å². The highest BCUT2D eigenvalue weighted by molar-refractivity contribution is 6.04. The fourth-order valence-electron chi connectivity index (χ4n) is 8.68. The van der Waals surface area contributed by atoms with E-state index >= 15 is 4.39 Å². The predicted octanol–water partition coefficient (Wildman–Crippen LogP) is 5.29. The van der Waals surface area contributed by atoms with E-state index in [1.165, 1.54) is 24.3 Å². The number of fused-ring (bicyclic) bond motifs is 5. The number of pyridine rings is 1. The van der Waals surface area contributed by atoms with Crippen LogP contribution in [0.25, 0.3) is 32.9 Å². The van der Waals surface area contributed by atoms with Crippen LogP contribution in [-0.2, 0) is 4.74 Å². The third-order valence-electron chi connectivity index (χ3n) is 10.8. The van der Waals surface area contributed by atoms with Crippen molar-refractivity contribution >= 4 is 27.5 Å². The molecule has 1 N–H and O–H groups in total. The number of aromatic hydroxyl groups is 1. The van der Waals surface area contributed by atoms with Crippen molar-refractivity contribution in [1.82, 2.24) is 19.9 Å². The second-order valence-corrected chi connectivity index (χ2v) is 13.6. The fraction of sp³-hybridized carbons (Fsp3) is 0.457. The van der Waals surface area contributed by atoms with E-state index < -0.39 is 23.3 Å². The molecule has 5 aliphatic heterocycles. The molecule has 7 heterocycles. The van der Waals surface area contributed by atoms with Gasteiger partial charge in [0, 0.05) is 23.9 Å². The van der Waals surface area contributed by atoms with Gasteiger partial charge >= 0.3 is 6.01 Å². The molecule has 0 amide bonds. The van der Waals surface area contributed by atoms with Crippen LogP contribution >= 0.6 is 0 Å². The number of rotatable bonds is 4. The van der Waals surface area contributed by atoms with E-state index in [0.29, 0.717) is 42.8 Å². The Balaban J connectivity index is 1.27. The highest BCUT2D eigenvalue weighted by atomic mass is 19.1. The first-order valence-corrected chi connectivity index (χ1v) is 16.1. The van der Waals surface area contributed by atoms with Crippen molar-refractivity contribution in [2.45, 2.75) is 61.8 Å². The number of halogens is 3. The van der Waals surface area contributed by atoms with Gasteiger partial charge in [0.15, 0.2) is 5.82 Å². The first-order chi connectivity index (χ1) is 22.8. The van der Waals surface area contributed by atoms with Gasteiger partial charge < -0.3 is 24.2 Å². The molecule has 4 saturated heterocycles. The molecule has 0 bridgehead atoms. The van der Waals surface area contributed by atoms with E-state index in [1.54, 1.807) is 0 Å². The summed E-state index contributed by atoms with van der Waals surface area (Å²) in [6, 6.07) is 5.31. The maximum absolute atomic E-state index is 17.1. The fourth-order valence-corrected chi connectivity index (χ4v) is 8.68. The maximum Gasteiger partial charge on any atom is 0.319 e. The van der Waals surface area contributed by atoms with Gasteiger partial charge in [-0.2, -0.15) is 9.97 Å². The minimum atomic E-state index is -0.936. The standard InChI is InChI=1S/C35H32F3N5O4/c1-2-23-25(37)7-6-19-11-22(44)12-24(26(19)23)29-28(38)30-27-31(41-33(40-30)47-18-34-9-4-10-42(34)14-20(36)13-34)43-21(15-46-32(27)39-29)5-3-8-35(43)16-45-17-35/h1,6-7,11-12,20-21,44H,3-5,8-10,13-18H2. The molecule has 4 aromatic rings. The number of hydrogen-bond acceptors (Lipinski definition) is 9. The Bertz CT molecular complexity index is 2020. The van der Waals surface area contributed by atoms with E-state index in [4.69, 9.17) is 25.6 Å². The van der Waals surface area contributed by atoms with Crippen LogP contribution in [0.3, 0.4) is 0 Å². The molecule has 242 valence electrons. The molecule has 2 aromatic heterocycles. The van der Waals surface area contributed by atoms with Crippen molar-refractivity contribution < 1.29 is 32.5 Å². The number of phenolic OH excluding ortho intramolecular Hbond substituents is 1. The molecule has 3 unspecified atom stereocenters. The van der Waals surface area contributed by atoms with Gasteiger partial charge in [-0.05, 0) is 62.2 Å². The lowest BCUT2D eigenvalue weighted by atomic mass is 9.81. The largest absolute Gasteiger partial charge is 0.508 e. The molecular weight excluding hydrogens is 611 g/mol. The Kier molecular flexibility index (Phi) is 6.34. The molecule has 9 rings (SSSR count). The van der Waals surface area contributed by atoms with Crippen molar-refractivity contribution in [3.63, 3.8) is 0 Å². The Labute approximate surface area is 268 Å². The Morgan fingerprint density at radius 2 is 1.98 bits per heavy atom. The average molecular weight is 644 g/mol. The van der Waals surface area contributed by atoms with E-state index in [2.05, 4.69) is 25.7 Å². The molecule has 1 spiro atoms. The molecule has 0 radical (unpaired) electrons. The Hall–Kier alpha value is -4.34. The van der Waals surface area contributed by atoms with Crippen molar-refractivity contribution in [1.29, 1.82) is 0 Å². The topological polar surface area (TPSA) is 93.1 Å². The maximum atomic E-state index is 17.1. The molecule has 0 saturated carbocycles. The minimum absolute atomic E-state index is 0.0317. The number of aromatic nitrogens is 3. The summed E-state index contributed by atoms with van der Waals surface area (Å²) in [5, 5.41) is 11.6. The van der Waals surface area contributed by atoms with Gasteiger partial charge in [-0.1, -0.05) is 12.0 Å². The zero-order valence-electron chi connectivity index (χ0n) is 25.6. The number of benzene rings is 2. The van der Waals surface area contributed by atoms with Gasteiger partial charge in [0.05, 0.1) is 35.9 Å². The van der Waals surface area contributed by atoms with E-state index in [9.17, 15) is 13.9 Å². The number of terminal acetylenes is 1. The Morgan fingerprint density at radius 3 is 2.79 bits per heavy atom. The van der Waals surface area contributed by atoms with Gasteiger partial charge in [0.2, 0.25) is 5.88 Å². The highest BCUT2D eigenvalue weighted by Gasteiger charge is 2.52. The van der Waals surface area contributed by atoms with Crippen LogP contribution in [0, 0.1) is 24.0 Å². The second-order valence-electron chi connectivity index (χ2n) is 13.6. The average Bonchev–Trinajstić information content (AvgIpc) is 3.52. The van der Waals surface area contributed by atoms with Gasteiger partial charge in [0.1, 0.15) is 53.4 Å². The SMILES string of the molecule is C#Cc1c(F)ccc2cc(O)cc(-c3nc4c5c(nc(OCC67CCCN6CC(F)C7)nc5c3F)N3C(CCCC35COC5)CO4)c12. The van der Waals surface area contributed by atoms with Crippen LogP contribution < -0.4 is 14.4 Å². The summed E-state index contributed by atoms with van der Waals surface area (Å²) in [6.07, 6.45) is 9.56. The van der Waals surface area contributed by atoms with E-state index in [0.717, 1.165) is 38.6 Å². The van der Waals surface area contributed by atoms with Gasteiger partial charge in [-0.15, -0.1) is 6.42 Å². The molecular formula is C35H32F3N5O4. The normalized spacial score (nSPS) is 26.0. The highest BCUT2D eigenvalue weighted by Crippen LogP contribution is 2.49. The van der Waals surface area contributed by atoms with Gasteiger partial charge in [-0.3, -0.25) is 4.90 Å². The predicted molar refractivity (Wildman–Crippen MR) is 167 cm³/mol. The van der Waals surface area contributed by atoms with E-state index in [1.807, 2.05) is 0 Å². The summed E-state index contributed by atoms with van der Waals surface area (Å²) in [4.78, 5) is 18.5. The monoisotopic (exact) mass is 643 g/mol. The summed E-state index contributed by atoms with van der Waals surface area (Å²) in [5.74, 6) is 1.30. The number of piperidine rings is 1. The summed E-state index contributed by atoms with van der Waals surface area (Å²) >= 11 is 0. The van der Waals surface area contributed by atoms with Crippen molar-refractivity contribution in [3.8, 4) is 41.2 Å². The number of hydrogen-bond donors (Lipinski definition) is 1. The van der Waals surface area contributed by atoms with Crippen LogP contribution in [-0.4, -0.2) is 87.8 Å². The summed E-state index contributed by atoms with van der Waals surface area (Å²) in [7, 11) is 0. The lowest BCUT2D eigenvalue weighted by molar-refractivity contribution is -0.0759. The van der Waals surface area contributed by atoms with Crippen LogP contribution in [0.2, 0.25) is 0 Å². The second kappa shape index (κ2) is 10.3. The molecule has 4 fully saturated rings. The third kappa shape index (κ3) is 4.22. The lowest BCUT2D eigenvalue weighted by Gasteiger charge is -2.55. The molecule has 9 nitrogen and oxygen atoms in total. The third-order valence-corrected chi connectivity index (χ3v) is 10.8. The molecule has 12 heteroatoms. The van der Waals surface area contributed by atoms with Crippen molar-refractivity contribution in [3.05, 3.63) is 41.5 Å². The van der Waals surface area contributed by atoms with Crippen molar-refractivity contribution in [2.24, 2.45) is 0 Å². The molecule has 5 aliphatic rings. The first kappa shape index (κ1) is 28.8. The van der Waals surface area contributed by atoms with Gasteiger partial charge in [0.25, 0.3) is 0 Å². The first-order valence-electron chi connectivity index (χ1n) is 16.1. The molecule has 0 aliphatic carbocycles. The zero-order valence-corrected chi connectivity index (χ0v) is 25.6. The number of ether oxygens (including phenoxy) is 3. The minimum Gasteiger partial charge on any atom is -0.508 e. The summed E-state index contributed by atoms with van der Waals surface area (Å²) < 4.78 is 65.0. The molecule has 2 aromatic carbocycles. The lowest BCUT2D eigenvalue weighted by Crippen LogP contribution is -2.68. The quantitative estimate of drug-likeness (QED) is 0.298. The molecule has 3 atom stereocenters. The van der Waals surface area contributed by atoms with Crippen LogP contribution in [0.1, 0.15) is 44.1 Å². The number of anilines is 1. The van der Waals surface area contributed by atoms with Gasteiger partial charge in [-0.25, -0.2) is 18.2 Å². The van der Waals surface area contributed by atoms with Crippen LogP contribution in [0.15, 0.2) is 24.3 Å². The van der Waals surface area contributed by atoms with Crippen LogP contribution in [0.5, 0.6) is 17.6 Å². The summed E-state index contributed by atoms with van der Waals surface area (Å²) in [6.45, 7) is 2.60. The smallest absolute Gasteiger partial charge is 0.319 e.